The van der Waals surface area contributed by atoms with Crippen molar-refractivity contribution in [1.29, 1.82) is 0 Å². The fraction of sp³-hybridized carbons (Fsp3) is 0.545. The molecular weight excluding hydrogens is 302 g/mol. The summed E-state index contributed by atoms with van der Waals surface area (Å²) in [4.78, 5) is 14.2. The minimum Gasteiger partial charge on any atom is -0.381 e. The maximum atomic E-state index is 10.9. The second-order valence-corrected chi connectivity index (χ2v) is 5.07. The summed E-state index contributed by atoms with van der Waals surface area (Å²) in [5.41, 5.74) is 0.487. The molecule has 2 heterocycles. The molecule has 0 aromatic carbocycles. The van der Waals surface area contributed by atoms with E-state index in [4.69, 9.17) is 4.74 Å². The molecule has 18 heavy (non-hydrogen) atoms. The number of nitrogens with one attached hydrogen (secondary N) is 1. The highest BCUT2D eigenvalue weighted by molar-refractivity contribution is 9.10. The molecule has 6 nitrogen and oxygen atoms in total. The van der Waals surface area contributed by atoms with Crippen LogP contribution in [0.3, 0.4) is 0 Å². The van der Waals surface area contributed by atoms with Gasteiger partial charge in [-0.3, -0.25) is 15.1 Å². The van der Waals surface area contributed by atoms with Crippen LogP contribution in [-0.4, -0.2) is 29.7 Å². The Kier molecular flexibility index (Phi) is 4.48. The van der Waals surface area contributed by atoms with Gasteiger partial charge in [-0.05, 0) is 34.7 Å². The summed E-state index contributed by atoms with van der Waals surface area (Å²) < 4.78 is 5.90. The van der Waals surface area contributed by atoms with Crippen molar-refractivity contribution in [3.63, 3.8) is 0 Å². The molecule has 2 rings (SSSR count). The first-order chi connectivity index (χ1) is 8.68. The van der Waals surface area contributed by atoms with E-state index in [9.17, 15) is 10.1 Å². The first-order valence-corrected chi connectivity index (χ1v) is 6.57. The number of nitro groups is 1. The van der Waals surface area contributed by atoms with E-state index in [0.29, 0.717) is 22.6 Å². The molecule has 0 amide bonds. The standard InChI is InChI=1S/C11H14BrN3O3/c12-9-5-13-6-10(15(16)17)11(9)14-3-1-8-2-4-18-7-8/h5-6,8H,1-4,7H2,(H,13,14). The van der Waals surface area contributed by atoms with Crippen molar-refractivity contribution in [3.8, 4) is 0 Å². The van der Waals surface area contributed by atoms with Crippen LogP contribution in [0.2, 0.25) is 0 Å². The number of hydrogen-bond acceptors (Lipinski definition) is 5. The van der Waals surface area contributed by atoms with E-state index in [1.54, 1.807) is 6.20 Å². The van der Waals surface area contributed by atoms with Gasteiger partial charge in [-0.1, -0.05) is 0 Å². The lowest BCUT2D eigenvalue weighted by atomic mass is 10.1. The Hall–Kier alpha value is -1.21. The molecular formula is C11H14BrN3O3. The SMILES string of the molecule is O=[N+]([O-])c1cncc(Br)c1NCCC1CCOC1. The van der Waals surface area contributed by atoms with E-state index in [-0.39, 0.29) is 5.69 Å². The largest absolute Gasteiger partial charge is 0.381 e. The van der Waals surface area contributed by atoms with Crippen molar-refractivity contribution in [2.45, 2.75) is 12.8 Å². The summed E-state index contributed by atoms with van der Waals surface area (Å²) in [5, 5.41) is 14.0. The molecule has 1 atom stereocenters. The zero-order chi connectivity index (χ0) is 13.0. The normalized spacial score (nSPS) is 18.8. The maximum Gasteiger partial charge on any atom is 0.311 e. The number of hydrogen-bond donors (Lipinski definition) is 1. The molecule has 1 aromatic heterocycles. The summed E-state index contributed by atoms with van der Waals surface area (Å²) in [5.74, 6) is 0.553. The van der Waals surface area contributed by atoms with Crippen molar-refractivity contribution in [3.05, 3.63) is 27.0 Å². The summed E-state index contributed by atoms with van der Waals surface area (Å²) in [6.45, 7) is 2.31. The second-order valence-electron chi connectivity index (χ2n) is 4.22. The van der Waals surface area contributed by atoms with E-state index in [2.05, 4.69) is 26.2 Å². The number of rotatable bonds is 5. The van der Waals surface area contributed by atoms with Crippen molar-refractivity contribution < 1.29 is 9.66 Å². The number of anilines is 1. The zero-order valence-electron chi connectivity index (χ0n) is 9.76. The van der Waals surface area contributed by atoms with Crippen LogP contribution in [0.1, 0.15) is 12.8 Å². The third-order valence-electron chi connectivity index (χ3n) is 2.95. The van der Waals surface area contributed by atoms with Gasteiger partial charge < -0.3 is 10.1 Å². The Balaban J connectivity index is 1.97. The van der Waals surface area contributed by atoms with Gasteiger partial charge in [0.1, 0.15) is 11.9 Å². The molecule has 7 heteroatoms. The number of aromatic nitrogens is 1. The lowest BCUT2D eigenvalue weighted by molar-refractivity contribution is -0.384. The van der Waals surface area contributed by atoms with Gasteiger partial charge in [0.15, 0.2) is 0 Å². The average molecular weight is 316 g/mol. The average Bonchev–Trinajstić information content (AvgIpc) is 2.84. The minimum atomic E-state index is -0.432. The molecule has 0 aliphatic carbocycles. The lowest BCUT2D eigenvalue weighted by Crippen LogP contribution is -2.10. The van der Waals surface area contributed by atoms with Crippen LogP contribution < -0.4 is 5.32 Å². The second kappa shape index (κ2) is 6.10. The molecule has 0 bridgehead atoms. The Morgan fingerprint density at radius 3 is 3.11 bits per heavy atom. The molecule has 0 spiro atoms. The lowest BCUT2D eigenvalue weighted by Gasteiger charge is -2.11. The van der Waals surface area contributed by atoms with Gasteiger partial charge in [-0.2, -0.15) is 0 Å². The molecule has 1 N–H and O–H groups in total. The van der Waals surface area contributed by atoms with Gasteiger partial charge in [-0.25, -0.2) is 0 Å². The van der Waals surface area contributed by atoms with Gasteiger partial charge in [-0.15, -0.1) is 0 Å². The van der Waals surface area contributed by atoms with E-state index >= 15 is 0 Å². The summed E-state index contributed by atoms with van der Waals surface area (Å²) >= 11 is 3.28. The highest BCUT2D eigenvalue weighted by Gasteiger charge is 2.19. The molecule has 1 aliphatic rings. The maximum absolute atomic E-state index is 10.9. The number of nitrogens with zero attached hydrogens (tertiary/aromatic N) is 2. The fourth-order valence-corrected chi connectivity index (χ4v) is 2.41. The quantitative estimate of drug-likeness (QED) is 0.667. The van der Waals surface area contributed by atoms with Gasteiger partial charge in [0.05, 0.1) is 9.40 Å². The van der Waals surface area contributed by atoms with Gasteiger partial charge in [0.2, 0.25) is 0 Å². The van der Waals surface area contributed by atoms with Crippen LogP contribution in [-0.2, 0) is 4.74 Å². The fourth-order valence-electron chi connectivity index (χ4n) is 1.95. The summed E-state index contributed by atoms with van der Waals surface area (Å²) in [6.07, 6.45) is 4.83. The van der Waals surface area contributed by atoms with Crippen LogP contribution in [0.25, 0.3) is 0 Å². The molecule has 0 saturated carbocycles. The van der Waals surface area contributed by atoms with E-state index < -0.39 is 4.92 Å². The van der Waals surface area contributed by atoms with Crippen LogP contribution >= 0.6 is 15.9 Å². The third-order valence-corrected chi connectivity index (χ3v) is 3.56. The predicted molar refractivity (Wildman–Crippen MR) is 70.6 cm³/mol. The Morgan fingerprint density at radius 2 is 2.44 bits per heavy atom. The number of halogens is 1. The van der Waals surface area contributed by atoms with E-state index in [0.717, 1.165) is 26.1 Å². The van der Waals surface area contributed by atoms with E-state index in [1.165, 1.54) is 6.20 Å². The van der Waals surface area contributed by atoms with Crippen LogP contribution in [0.5, 0.6) is 0 Å². The van der Waals surface area contributed by atoms with E-state index in [1.807, 2.05) is 0 Å². The van der Waals surface area contributed by atoms with Gasteiger partial charge in [0, 0.05) is 26.0 Å². The Morgan fingerprint density at radius 1 is 1.61 bits per heavy atom. The molecule has 1 aromatic rings. The molecule has 1 fully saturated rings. The van der Waals surface area contributed by atoms with Crippen molar-refractivity contribution in [2.75, 3.05) is 25.1 Å². The molecule has 0 radical (unpaired) electrons. The molecule has 1 aliphatic heterocycles. The third kappa shape index (κ3) is 3.17. The number of pyridine rings is 1. The highest BCUT2D eigenvalue weighted by Crippen LogP contribution is 2.31. The molecule has 1 saturated heterocycles. The van der Waals surface area contributed by atoms with Crippen molar-refractivity contribution in [1.82, 2.24) is 4.98 Å². The monoisotopic (exact) mass is 315 g/mol. The smallest absolute Gasteiger partial charge is 0.311 e. The molecule has 98 valence electrons. The Bertz CT molecular complexity index is 436. The van der Waals surface area contributed by atoms with Crippen LogP contribution in [0.4, 0.5) is 11.4 Å². The first kappa shape index (κ1) is 13.2. The topological polar surface area (TPSA) is 77.3 Å². The van der Waals surface area contributed by atoms with Crippen molar-refractivity contribution in [2.24, 2.45) is 5.92 Å². The molecule has 1 unspecified atom stereocenters. The van der Waals surface area contributed by atoms with Crippen LogP contribution in [0.15, 0.2) is 16.9 Å². The number of ether oxygens (including phenoxy) is 1. The predicted octanol–water partition coefficient (Wildman–Crippen LogP) is 2.59. The summed E-state index contributed by atoms with van der Waals surface area (Å²) in [7, 11) is 0. The minimum absolute atomic E-state index is 0.00736. The highest BCUT2D eigenvalue weighted by atomic mass is 79.9. The first-order valence-electron chi connectivity index (χ1n) is 5.78. The van der Waals surface area contributed by atoms with Crippen molar-refractivity contribution >= 4 is 27.3 Å². The Labute approximate surface area is 113 Å². The van der Waals surface area contributed by atoms with Crippen LogP contribution in [0, 0.1) is 16.0 Å². The zero-order valence-corrected chi connectivity index (χ0v) is 11.4. The van der Waals surface area contributed by atoms with Gasteiger partial charge >= 0.3 is 5.69 Å². The van der Waals surface area contributed by atoms with Gasteiger partial charge in [0.25, 0.3) is 0 Å². The summed E-state index contributed by atoms with van der Waals surface area (Å²) in [6, 6.07) is 0.